The van der Waals surface area contributed by atoms with Crippen molar-refractivity contribution < 1.29 is 29.6 Å². The topological polar surface area (TPSA) is 123 Å². The van der Waals surface area contributed by atoms with Gasteiger partial charge in [-0.25, -0.2) is 0 Å². The van der Waals surface area contributed by atoms with Crippen LogP contribution in [0.2, 0.25) is 0 Å². The van der Waals surface area contributed by atoms with Crippen LogP contribution in [-0.2, 0) is 15.1 Å². The Morgan fingerprint density at radius 2 is 1.74 bits per heavy atom. The summed E-state index contributed by atoms with van der Waals surface area (Å²) in [5, 5.41) is 31.4. The third-order valence-corrected chi connectivity index (χ3v) is 5.14. The van der Waals surface area contributed by atoms with E-state index in [0.29, 0.717) is 5.52 Å². The molecule has 8 nitrogen and oxygen atoms in total. The summed E-state index contributed by atoms with van der Waals surface area (Å²) in [5.41, 5.74) is -4.24. The molecule has 0 aliphatic rings. The Morgan fingerprint density at radius 3 is 2.29 bits per heavy atom. The summed E-state index contributed by atoms with van der Waals surface area (Å²) in [7, 11) is 12.4. The molecule has 4 radical (unpaired) electrons. The van der Waals surface area contributed by atoms with Crippen LogP contribution in [0.15, 0.2) is 24.4 Å². The van der Waals surface area contributed by atoms with Gasteiger partial charge in [0.1, 0.15) is 21.4 Å². The number of nitrogens with one attached hydrogen (secondary N) is 1. The Kier molecular flexibility index (Phi) is 7.62. The van der Waals surface area contributed by atoms with Crippen LogP contribution in [-0.4, -0.2) is 70.5 Å². The van der Waals surface area contributed by atoms with Crippen LogP contribution in [0.3, 0.4) is 0 Å². The second-order valence-electron chi connectivity index (χ2n) is 8.19. The Balaban J connectivity index is 2.46. The fraction of sp³-hybridized carbons (Fsp3) is 0.524. The van der Waals surface area contributed by atoms with Crippen molar-refractivity contribution in [3.8, 4) is 5.75 Å². The number of aliphatic carboxylic acids is 1. The summed E-state index contributed by atoms with van der Waals surface area (Å²) in [6.07, 6.45) is 1.29. The third-order valence-electron chi connectivity index (χ3n) is 5.14. The Bertz CT molecular complexity index is 931. The fourth-order valence-electron chi connectivity index (χ4n) is 3.87. The first-order valence-corrected chi connectivity index (χ1v) is 10.1. The van der Waals surface area contributed by atoms with Gasteiger partial charge in [-0.2, -0.15) is 0 Å². The zero-order valence-corrected chi connectivity index (χ0v) is 18.3. The number of carbonyl (C=O) groups is 2. The summed E-state index contributed by atoms with van der Waals surface area (Å²) in [5.74, 6) is -1.53. The first kappa shape index (κ1) is 25.0. The minimum Gasteiger partial charge on any atom is -0.481 e. The highest BCUT2D eigenvalue weighted by atomic mass is 16.5. The zero-order valence-electron chi connectivity index (χ0n) is 18.3. The average Bonchev–Trinajstić information content (AvgIpc) is 3.06. The van der Waals surface area contributed by atoms with Crippen molar-refractivity contribution in [3.05, 3.63) is 30.0 Å². The van der Waals surface area contributed by atoms with Gasteiger partial charge < -0.3 is 25.0 Å². The molecule has 2 aromatic rings. The molecule has 4 N–H and O–H groups in total. The van der Waals surface area contributed by atoms with Crippen LogP contribution in [0.5, 0.6) is 5.75 Å². The molecule has 0 aliphatic heterocycles. The molecule has 0 amide bonds. The minimum atomic E-state index is -2.44. The third kappa shape index (κ3) is 5.14. The molecule has 0 bridgehead atoms. The molecule has 0 aliphatic carbocycles. The lowest BCUT2D eigenvalue weighted by Crippen LogP contribution is -2.67. The molecule has 2 atom stereocenters. The number of carbonyl (C=O) groups excluding carboxylic acids is 1. The molecule has 2 unspecified atom stereocenters. The van der Waals surface area contributed by atoms with Crippen LogP contribution in [0, 0.1) is 0 Å². The molecule has 0 spiro atoms. The molecule has 164 valence electrons. The predicted molar refractivity (Wildman–Crippen MR) is 118 cm³/mol. The average molecular weight is 426 g/mol. The summed E-state index contributed by atoms with van der Waals surface area (Å²) in [4.78, 5) is 27.3. The number of hydrogen-bond donors (Lipinski definition) is 4. The van der Waals surface area contributed by atoms with Gasteiger partial charge in [0.05, 0.1) is 11.1 Å². The van der Waals surface area contributed by atoms with E-state index in [9.17, 15) is 19.8 Å². The van der Waals surface area contributed by atoms with Gasteiger partial charge in [-0.3, -0.25) is 14.5 Å². The molecule has 31 heavy (non-hydrogen) atoms. The highest BCUT2D eigenvalue weighted by Gasteiger charge is 2.49. The maximum Gasteiger partial charge on any atom is 0.311 e. The Labute approximate surface area is 184 Å². The molecular weight excluding hydrogens is 398 g/mol. The van der Waals surface area contributed by atoms with Crippen molar-refractivity contribution >= 4 is 38.5 Å². The molecule has 1 aromatic carbocycles. The second kappa shape index (κ2) is 9.46. The Hall–Kier alpha value is -2.29. The minimum absolute atomic E-state index is 0.0488. The lowest BCUT2D eigenvalue weighted by atomic mass is 9.59. The lowest BCUT2D eigenvalue weighted by molar-refractivity contribution is -0.166. The largest absolute Gasteiger partial charge is 0.481 e. The highest BCUT2D eigenvalue weighted by Crippen LogP contribution is 2.40. The summed E-state index contributed by atoms with van der Waals surface area (Å²) < 4.78 is 5.42. The number of benzene rings is 1. The molecule has 0 fully saturated rings. The maximum absolute atomic E-state index is 12.2. The lowest BCUT2D eigenvalue weighted by Gasteiger charge is -2.51. The number of hydrogen-bond acceptors (Lipinski definition) is 6. The number of aromatic amines is 1. The number of ether oxygens (including phenoxy) is 1. The number of carboxylic acid groups (broad SMARTS) is 1. The van der Waals surface area contributed by atoms with Gasteiger partial charge in [0.25, 0.3) is 0 Å². The van der Waals surface area contributed by atoms with Crippen molar-refractivity contribution in [1.29, 1.82) is 0 Å². The van der Waals surface area contributed by atoms with E-state index in [-0.39, 0.29) is 48.0 Å². The van der Waals surface area contributed by atoms with Gasteiger partial charge in [0.15, 0.2) is 0 Å². The van der Waals surface area contributed by atoms with E-state index in [1.807, 2.05) is 27.7 Å². The number of H-pyrrole nitrogens is 1. The van der Waals surface area contributed by atoms with Gasteiger partial charge in [0, 0.05) is 47.6 Å². The van der Waals surface area contributed by atoms with Crippen molar-refractivity contribution in [2.24, 2.45) is 0 Å². The second-order valence-corrected chi connectivity index (χ2v) is 8.19. The zero-order chi connectivity index (χ0) is 23.6. The van der Waals surface area contributed by atoms with Crippen LogP contribution in [0.4, 0.5) is 0 Å². The molecule has 0 saturated heterocycles. The highest BCUT2D eigenvalue weighted by molar-refractivity contribution is 6.26. The van der Waals surface area contributed by atoms with Crippen LogP contribution in [0.25, 0.3) is 10.9 Å². The molecule has 2 rings (SSSR count). The van der Waals surface area contributed by atoms with Gasteiger partial charge in [-0.1, -0.05) is 6.07 Å². The SMILES string of the molecule is [B]C(O)(c1c[nH]c2cccc(OC(=O)CCCC(=O)O)c12)C([B])(O)N(C(C)C)C(C)C. The summed E-state index contributed by atoms with van der Waals surface area (Å²) in [6, 6.07) is 4.35. The predicted octanol–water partition coefficient (Wildman–Crippen LogP) is 1.58. The van der Waals surface area contributed by atoms with E-state index >= 15 is 0 Å². The summed E-state index contributed by atoms with van der Waals surface area (Å²) >= 11 is 0. The molecule has 1 aromatic heterocycles. The monoisotopic (exact) mass is 426 g/mol. The maximum atomic E-state index is 12.2. The number of aliphatic hydroxyl groups is 2. The normalized spacial score (nSPS) is 15.9. The van der Waals surface area contributed by atoms with Crippen molar-refractivity contribution in [1.82, 2.24) is 9.88 Å². The molecule has 1 heterocycles. The van der Waals surface area contributed by atoms with Crippen LogP contribution in [0.1, 0.15) is 52.5 Å². The fourth-order valence-corrected chi connectivity index (χ4v) is 3.87. The van der Waals surface area contributed by atoms with Gasteiger partial charge in [-0.05, 0) is 46.2 Å². The first-order chi connectivity index (χ1) is 14.3. The number of carboxylic acids is 1. The smallest absolute Gasteiger partial charge is 0.311 e. The number of aromatic nitrogens is 1. The van der Waals surface area contributed by atoms with Gasteiger partial charge in [-0.15, -0.1) is 0 Å². The quantitative estimate of drug-likeness (QED) is 0.197. The van der Waals surface area contributed by atoms with E-state index in [4.69, 9.17) is 25.5 Å². The van der Waals surface area contributed by atoms with Crippen LogP contribution >= 0.6 is 0 Å². The van der Waals surface area contributed by atoms with E-state index < -0.39 is 23.1 Å². The number of fused-ring (bicyclic) bond motifs is 1. The van der Waals surface area contributed by atoms with Crippen molar-refractivity contribution in [3.63, 3.8) is 0 Å². The standard InChI is InChI=1S/C21H28B2N2O6/c1-12(2)25(13(3)4)21(23,30)20(22,29)14-11-24-15-7-5-8-16(19(14)15)31-18(28)10-6-9-17(26)27/h5,7-8,11-13,24,29-30H,6,9-10H2,1-4H3,(H,26,27). The van der Waals surface area contributed by atoms with Gasteiger partial charge in [0.2, 0.25) is 0 Å². The molecule has 0 saturated carbocycles. The molecule has 10 heteroatoms. The van der Waals surface area contributed by atoms with E-state index in [1.54, 1.807) is 12.1 Å². The summed E-state index contributed by atoms with van der Waals surface area (Å²) in [6.45, 7) is 7.25. The van der Waals surface area contributed by atoms with E-state index in [0.717, 1.165) is 0 Å². The van der Waals surface area contributed by atoms with Crippen LogP contribution < -0.4 is 4.74 Å². The number of rotatable bonds is 10. The Morgan fingerprint density at radius 1 is 1.13 bits per heavy atom. The van der Waals surface area contributed by atoms with Crippen molar-refractivity contribution in [2.45, 2.75) is 70.2 Å². The van der Waals surface area contributed by atoms with Gasteiger partial charge >= 0.3 is 11.9 Å². The van der Waals surface area contributed by atoms with E-state index in [2.05, 4.69) is 4.98 Å². The molecular formula is C21H28B2N2O6. The number of esters is 1. The number of nitrogens with zero attached hydrogens (tertiary/aromatic N) is 1. The van der Waals surface area contributed by atoms with Crippen molar-refractivity contribution in [2.75, 3.05) is 0 Å². The first-order valence-electron chi connectivity index (χ1n) is 10.1. The van der Waals surface area contributed by atoms with E-state index in [1.165, 1.54) is 17.2 Å².